The van der Waals surface area contributed by atoms with E-state index in [1.54, 1.807) is 0 Å². The zero-order chi connectivity index (χ0) is 14.7. The van der Waals surface area contributed by atoms with Crippen molar-refractivity contribution in [3.63, 3.8) is 0 Å². The Hall–Kier alpha value is -2.20. The van der Waals surface area contributed by atoms with Crippen LogP contribution in [0, 0.1) is 6.92 Å². The highest BCUT2D eigenvalue weighted by Gasteiger charge is 2.08. The number of rotatable bonds is 4. The molecular formula is C17H17N3S. The molecule has 21 heavy (non-hydrogen) atoms. The Labute approximate surface area is 128 Å². The van der Waals surface area contributed by atoms with Crippen LogP contribution in [0.1, 0.15) is 22.7 Å². The molecule has 0 radical (unpaired) electrons. The molecule has 3 aromatic rings. The van der Waals surface area contributed by atoms with E-state index in [1.807, 2.05) is 54.1 Å². The highest BCUT2D eigenvalue weighted by molar-refractivity contribution is 7.12. The molecule has 0 amide bonds. The lowest BCUT2D eigenvalue weighted by Crippen LogP contribution is -2.05. The molecule has 0 aliphatic rings. The molecule has 1 N–H and O–H groups in total. The second kappa shape index (κ2) is 6.06. The van der Waals surface area contributed by atoms with Crippen LogP contribution in [-0.2, 0) is 0 Å². The molecule has 0 spiro atoms. The van der Waals surface area contributed by atoms with Crippen molar-refractivity contribution in [2.24, 2.45) is 0 Å². The van der Waals surface area contributed by atoms with Crippen LogP contribution in [0.5, 0.6) is 0 Å². The van der Waals surface area contributed by atoms with Crippen molar-refractivity contribution in [1.82, 2.24) is 9.97 Å². The molecule has 4 heteroatoms. The zero-order valence-electron chi connectivity index (χ0n) is 12.1. The lowest BCUT2D eigenvalue weighted by Gasteiger charge is -2.13. The Morgan fingerprint density at radius 2 is 1.71 bits per heavy atom. The van der Waals surface area contributed by atoms with Gasteiger partial charge >= 0.3 is 0 Å². The quantitative estimate of drug-likeness (QED) is 0.759. The minimum Gasteiger partial charge on any atom is -0.375 e. The summed E-state index contributed by atoms with van der Waals surface area (Å²) in [6.07, 6.45) is 3.68. The first-order valence-corrected chi connectivity index (χ1v) is 7.74. The SMILES string of the molecule is Cc1ccc(C(C)Nc2cnc(-c3ccccc3)nc2)s1. The number of nitrogens with one attached hydrogen (secondary N) is 1. The molecule has 0 aliphatic heterocycles. The van der Waals surface area contributed by atoms with Crippen LogP contribution < -0.4 is 5.32 Å². The van der Waals surface area contributed by atoms with Gasteiger partial charge in [-0.3, -0.25) is 0 Å². The summed E-state index contributed by atoms with van der Waals surface area (Å²) in [4.78, 5) is 11.5. The Balaban J connectivity index is 1.73. The number of thiophene rings is 1. The molecule has 0 saturated heterocycles. The zero-order valence-corrected chi connectivity index (χ0v) is 12.9. The molecule has 2 heterocycles. The van der Waals surface area contributed by atoms with Gasteiger partial charge in [0.15, 0.2) is 5.82 Å². The van der Waals surface area contributed by atoms with Crippen LogP contribution in [0.3, 0.4) is 0 Å². The van der Waals surface area contributed by atoms with Crippen molar-refractivity contribution in [1.29, 1.82) is 0 Å². The number of hydrogen-bond acceptors (Lipinski definition) is 4. The summed E-state index contributed by atoms with van der Waals surface area (Å²) in [5, 5.41) is 3.44. The first kappa shape index (κ1) is 13.8. The Kier molecular flexibility index (Phi) is 3.97. The maximum Gasteiger partial charge on any atom is 0.159 e. The summed E-state index contributed by atoms with van der Waals surface area (Å²) in [6.45, 7) is 4.27. The van der Waals surface area contributed by atoms with E-state index < -0.39 is 0 Å². The van der Waals surface area contributed by atoms with Gasteiger partial charge in [-0.25, -0.2) is 9.97 Å². The van der Waals surface area contributed by atoms with E-state index in [0.29, 0.717) is 0 Å². The molecule has 0 fully saturated rings. The predicted molar refractivity (Wildman–Crippen MR) is 88.6 cm³/mol. The van der Waals surface area contributed by atoms with Gasteiger partial charge in [-0.15, -0.1) is 11.3 Å². The third-order valence-corrected chi connectivity index (χ3v) is 4.44. The summed E-state index contributed by atoms with van der Waals surface area (Å²) in [5.41, 5.74) is 1.97. The van der Waals surface area contributed by atoms with Crippen LogP contribution in [0.25, 0.3) is 11.4 Å². The maximum atomic E-state index is 4.43. The highest BCUT2D eigenvalue weighted by atomic mass is 32.1. The topological polar surface area (TPSA) is 37.8 Å². The van der Waals surface area contributed by atoms with Crippen LogP contribution in [-0.4, -0.2) is 9.97 Å². The van der Waals surface area contributed by atoms with Gasteiger partial charge in [-0.05, 0) is 26.0 Å². The molecule has 1 aromatic carbocycles. The molecule has 3 rings (SSSR count). The van der Waals surface area contributed by atoms with Gasteiger partial charge in [0.25, 0.3) is 0 Å². The molecule has 1 atom stereocenters. The second-order valence-corrected chi connectivity index (χ2v) is 6.30. The van der Waals surface area contributed by atoms with Crippen LogP contribution >= 0.6 is 11.3 Å². The Bertz CT molecular complexity index is 704. The first-order valence-electron chi connectivity index (χ1n) is 6.93. The van der Waals surface area contributed by atoms with Crippen molar-refractivity contribution >= 4 is 17.0 Å². The summed E-state index contributed by atoms with van der Waals surface area (Å²) >= 11 is 1.81. The molecule has 0 bridgehead atoms. The lowest BCUT2D eigenvalue weighted by atomic mass is 10.2. The number of hydrogen-bond donors (Lipinski definition) is 1. The summed E-state index contributed by atoms with van der Waals surface area (Å²) in [6, 6.07) is 14.6. The predicted octanol–water partition coefficient (Wildman–Crippen LogP) is 4.69. The average Bonchev–Trinajstić information content (AvgIpc) is 2.96. The number of benzene rings is 1. The summed E-state index contributed by atoms with van der Waals surface area (Å²) < 4.78 is 0. The fourth-order valence-corrected chi connectivity index (χ4v) is 3.03. The van der Waals surface area contributed by atoms with Gasteiger partial charge in [0.2, 0.25) is 0 Å². The van der Waals surface area contributed by atoms with E-state index in [0.717, 1.165) is 17.1 Å². The molecule has 106 valence electrons. The molecule has 0 aliphatic carbocycles. The minimum atomic E-state index is 0.259. The minimum absolute atomic E-state index is 0.259. The van der Waals surface area contributed by atoms with E-state index in [4.69, 9.17) is 0 Å². The van der Waals surface area contributed by atoms with Crippen molar-refractivity contribution < 1.29 is 0 Å². The monoisotopic (exact) mass is 295 g/mol. The smallest absolute Gasteiger partial charge is 0.159 e. The van der Waals surface area contributed by atoms with Gasteiger partial charge < -0.3 is 5.32 Å². The number of aromatic nitrogens is 2. The molecule has 3 nitrogen and oxygen atoms in total. The first-order chi connectivity index (χ1) is 10.2. The Morgan fingerprint density at radius 3 is 2.33 bits per heavy atom. The standard InChI is InChI=1S/C17H17N3S/c1-12-8-9-16(21-12)13(2)20-15-10-18-17(19-11-15)14-6-4-3-5-7-14/h3-11,13,20H,1-2H3. The normalized spacial score (nSPS) is 12.1. The average molecular weight is 295 g/mol. The van der Waals surface area contributed by atoms with E-state index in [9.17, 15) is 0 Å². The van der Waals surface area contributed by atoms with Crippen LogP contribution in [0.15, 0.2) is 54.9 Å². The summed E-state index contributed by atoms with van der Waals surface area (Å²) in [7, 11) is 0. The van der Waals surface area contributed by atoms with Crippen molar-refractivity contribution in [2.75, 3.05) is 5.32 Å². The second-order valence-electron chi connectivity index (χ2n) is 4.98. The lowest BCUT2D eigenvalue weighted by molar-refractivity contribution is 0.902. The van der Waals surface area contributed by atoms with Crippen molar-refractivity contribution in [3.05, 3.63) is 64.6 Å². The number of nitrogens with zero attached hydrogens (tertiary/aromatic N) is 2. The fourth-order valence-electron chi connectivity index (χ4n) is 2.15. The van der Waals surface area contributed by atoms with E-state index in [2.05, 4.69) is 41.3 Å². The van der Waals surface area contributed by atoms with E-state index in [1.165, 1.54) is 9.75 Å². The van der Waals surface area contributed by atoms with E-state index >= 15 is 0 Å². The molecule has 1 unspecified atom stereocenters. The fraction of sp³-hybridized carbons (Fsp3) is 0.176. The summed E-state index contributed by atoms with van der Waals surface area (Å²) in [5.74, 6) is 0.751. The van der Waals surface area contributed by atoms with E-state index in [-0.39, 0.29) is 6.04 Å². The van der Waals surface area contributed by atoms with Gasteiger partial charge in [0.1, 0.15) is 0 Å². The van der Waals surface area contributed by atoms with Crippen molar-refractivity contribution in [2.45, 2.75) is 19.9 Å². The Morgan fingerprint density at radius 1 is 1.00 bits per heavy atom. The molecule has 0 saturated carbocycles. The number of aryl methyl sites for hydroxylation is 1. The van der Waals surface area contributed by atoms with Gasteiger partial charge in [0, 0.05) is 15.3 Å². The van der Waals surface area contributed by atoms with Crippen molar-refractivity contribution in [3.8, 4) is 11.4 Å². The molecule has 2 aromatic heterocycles. The van der Waals surface area contributed by atoms with Crippen LogP contribution in [0.4, 0.5) is 5.69 Å². The van der Waals surface area contributed by atoms with Gasteiger partial charge in [0.05, 0.1) is 24.1 Å². The highest BCUT2D eigenvalue weighted by Crippen LogP contribution is 2.25. The third-order valence-electron chi connectivity index (χ3n) is 3.25. The number of anilines is 1. The van der Waals surface area contributed by atoms with Crippen LogP contribution in [0.2, 0.25) is 0 Å². The third kappa shape index (κ3) is 3.28. The van der Waals surface area contributed by atoms with Gasteiger partial charge in [-0.1, -0.05) is 30.3 Å². The van der Waals surface area contributed by atoms with Gasteiger partial charge in [-0.2, -0.15) is 0 Å². The maximum absolute atomic E-state index is 4.43. The largest absolute Gasteiger partial charge is 0.375 e. The molecular weight excluding hydrogens is 278 g/mol.